The smallest absolute Gasteiger partial charge is 0.162 e. The molecule has 0 amide bonds. The maximum absolute atomic E-state index is 11.4. The molecular weight excluding hydrogens is 216 g/mol. The molecule has 3 heteroatoms. The second-order valence-electron chi connectivity index (χ2n) is 4.21. The van der Waals surface area contributed by atoms with Crippen molar-refractivity contribution in [2.24, 2.45) is 0 Å². The molecule has 3 nitrogen and oxygen atoms in total. The molecule has 0 spiro atoms. The van der Waals surface area contributed by atoms with Crippen LogP contribution >= 0.6 is 0 Å². The zero-order valence-corrected chi connectivity index (χ0v) is 10.2. The van der Waals surface area contributed by atoms with E-state index in [1.807, 2.05) is 26.0 Å². The van der Waals surface area contributed by atoms with Crippen LogP contribution in [0.4, 0.5) is 0 Å². The number of rotatable bonds is 6. The largest absolute Gasteiger partial charge is 0.550 e. The van der Waals surface area contributed by atoms with Crippen molar-refractivity contribution in [3.8, 4) is 0 Å². The van der Waals surface area contributed by atoms with E-state index in [9.17, 15) is 14.7 Å². The SMILES string of the molecule is CCC(=O)c1ccc([C@H](C)CCC(=O)[O-])cc1. The molecule has 1 aromatic rings. The van der Waals surface area contributed by atoms with Gasteiger partial charge in [0, 0.05) is 18.0 Å². The molecule has 92 valence electrons. The second-order valence-corrected chi connectivity index (χ2v) is 4.21. The molecular formula is C14H17O3-. The molecule has 0 bridgehead atoms. The van der Waals surface area contributed by atoms with Crippen LogP contribution in [0.1, 0.15) is 54.9 Å². The van der Waals surface area contributed by atoms with Gasteiger partial charge in [0.15, 0.2) is 5.78 Å². The minimum absolute atomic E-state index is 0.0663. The highest BCUT2D eigenvalue weighted by Gasteiger charge is 2.07. The maximum Gasteiger partial charge on any atom is 0.162 e. The van der Waals surface area contributed by atoms with Gasteiger partial charge in [0.25, 0.3) is 0 Å². The van der Waals surface area contributed by atoms with Crippen LogP contribution in [-0.4, -0.2) is 11.8 Å². The second kappa shape index (κ2) is 6.18. The van der Waals surface area contributed by atoms with Crippen LogP contribution in [0.3, 0.4) is 0 Å². The highest BCUT2D eigenvalue weighted by atomic mass is 16.4. The van der Waals surface area contributed by atoms with Crippen LogP contribution in [0.15, 0.2) is 24.3 Å². The van der Waals surface area contributed by atoms with Crippen LogP contribution in [0, 0.1) is 0 Å². The van der Waals surface area contributed by atoms with Gasteiger partial charge in [0.05, 0.1) is 0 Å². The summed E-state index contributed by atoms with van der Waals surface area (Å²) in [5.41, 5.74) is 1.77. The Morgan fingerprint density at radius 3 is 2.29 bits per heavy atom. The first-order valence-electron chi connectivity index (χ1n) is 5.87. The van der Waals surface area contributed by atoms with E-state index in [4.69, 9.17) is 0 Å². The van der Waals surface area contributed by atoms with Crippen molar-refractivity contribution in [3.63, 3.8) is 0 Å². The normalized spacial score (nSPS) is 12.1. The highest BCUT2D eigenvalue weighted by molar-refractivity contribution is 5.95. The van der Waals surface area contributed by atoms with Gasteiger partial charge in [-0.05, 0) is 24.3 Å². The van der Waals surface area contributed by atoms with Gasteiger partial charge in [0.2, 0.25) is 0 Å². The number of carbonyl (C=O) groups excluding carboxylic acids is 2. The van der Waals surface area contributed by atoms with E-state index in [1.165, 1.54) is 0 Å². The van der Waals surface area contributed by atoms with Gasteiger partial charge < -0.3 is 9.90 Å². The fourth-order valence-electron chi connectivity index (χ4n) is 1.70. The van der Waals surface area contributed by atoms with Crippen molar-refractivity contribution in [2.45, 2.75) is 39.0 Å². The zero-order valence-electron chi connectivity index (χ0n) is 10.2. The van der Waals surface area contributed by atoms with E-state index in [0.29, 0.717) is 18.4 Å². The summed E-state index contributed by atoms with van der Waals surface area (Å²) in [6.45, 7) is 3.80. The molecule has 1 atom stereocenters. The summed E-state index contributed by atoms with van der Waals surface area (Å²) in [5.74, 6) is -0.729. The third-order valence-corrected chi connectivity index (χ3v) is 2.90. The summed E-state index contributed by atoms with van der Waals surface area (Å²) in [5, 5.41) is 10.4. The minimum atomic E-state index is -1.02. The van der Waals surface area contributed by atoms with Gasteiger partial charge in [-0.2, -0.15) is 0 Å². The third-order valence-electron chi connectivity index (χ3n) is 2.90. The molecule has 0 aliphatic heterocycles. The number of carboxylic acid groups (broad SMARTS) is 1. The molecule has 0 saturated carbocycles. The lowest BCUT2D eigenvalue weighted by molar-refractivity contribution is -0.305. The van der Waals surface area contributed by atoms with Crippen LogP contribution in [0.2, 0.25) is 0 Å². The van der Waals surface area contributed by atoms with Crippen molar-refractivity contribution in [3.05, 3.63) is 35.4 Å². The lowest BCUT2D eigenvalue weighted by atomic mass is 9.94. The number of hydrogen-bond acceptors (Lipinski definition) is 3. The number of carbonyl (C=O) groups is 2. The van der Waals surface area contributed by atoms with E-state index < -0.39 is 5.97 Å². The summed E-state index contributed by atoms with van der Waals surface area (Å²) in [6.07, 6.45) is 1.12. The number of hydrogen-bond donors (Lipinski definition) is 0. The molecule has 0 saturated heterocycles. The Kier molecular flexibility index (Phi) is 4.88. The molecule has 0 heterocycles. The summed E-state index contributed by atoms with van der Waals surface area (Å²) in [4.78, 5) is 21.8. The average molecular weight is 233 g/mol. The lowest BCUT2D eigenvalue weighted by Gasteiger charge is -2.12. The van der Waals surface area contributed by atoms with Crippen molar-refractivity contribution in [2.75, 3.05) is 0 Å². The molecule has 1 aromatic carbocycles. The summed E-state index contributed by atoms with van der Waals surface area (Å²) >= 11 is 0. The molecule has 0 aliphatic rings. The van der Waals surface area contributed by atoms with E-state index in [2.05, 4.69) is 0 Å². The first-order chi connectivity index (χ1) is 8.04. The van der Waals surface area contributed by atoms with Gasteiger partial charge in [-0.15, -0.1) is 0 Å². The van der Waals surface area contributed by atoms with Crippen LogP contribution in [-0.2, 0) is 4.79 Å². The van der Waals surface area contributed by atoms with E-state index in [1.54, 1.807) is 12.1 Å². The van der Waals surface area contributed by atoms with Crippen molar-refractivity contribution in [1.29, 1.82) is 0 Å². The number of aliphatic carboxylic acids is 1. The van der Waals surface area contributed by atoms with Crippen LogP contribution in [0.25, 0.3) is 0 Å². The molecule has 0 aromatic heterocycles. The average Bonchev–Trinajstić information content (AvgIpc) is 2.35. The number of benzene rings is 1. The van der Waals surface area contributed by atoms with Gasteiger partial charge in [-0.3, -0.25) is 4.79 Å². The number of ketones is 1. The minimum Gasteiger partial charge on any atom is -0.550 e. The molecule has 0 N–H and O–H groups in total. The lowest BCUT2D eigenvalue weighted by Crippen LogP contribution is -2.22. The number of Topliss-reactive ketones (excluding diaryl/α,β-unsaturated/α-hetero) is 1. The highest BCUT2D eigenvalue weighted by Crippen LogP contribution is 2.21. The van der Waals surface area contributed by atoms with E-state index in [0.717, 1.165) is 5.56 Å². The Morgan fingerprint density at radius 1 is 1.24 bits per heavy atom. The van der Waals surface area contributed by atoms with E-state index in [-0.39, 0.29) is 18.1 Å². The topological polar surface area (TPSA) is 57.2 Å². The molecule has 0 radical (unpaired) electrons. The third kappa shape index (κ3) is 4.02. The van der Waals surface area contributed by atoms with Gasteiger partial charge in [-0.1, -0.05) is 38.1 Å². The molecule has 0 unspecified atom stereocenters. The van der Waals surface area contributed by atoms with Gasteiger partial charge in [-0.25, -0.2) is 0 Å². The first kappa shape index (κ1) is 13.4. The van der Waals surface area contributed by atoms with Crippen molar-refractivity contribution >= 4 is 11.8 Å². The molecule has 0 aliphatic carbocycles. The van der Waals surface area contributed by atoms with E-state index >= 15 is 0 Å². The quantitative estimate of drug-likeness (QED) is 0.705. The van der Waals surface area contributed by atoms with Crippen molar-refractivity contribution in [1.82, 2.24) is 0 Å². The molecule has 1 rings (SSSR count). The van der Waals surface area contributed by atoms with Gasteiger partial charge in [0.1, 0.15) is 0 Å². The Labute approximate surface area is 101 Å². The molecule has 17 heavy (non-hydrogen) atoms. The first-order valence-corrected chi connectivity index (χ1v) is 5.87. The zero-order chi connectivity index (χ0) is 12.8. The predicted octanol–water partition coefficient (Wildman–Crippen LogP) is 1.91. The Balaban J connectivity index is 2.66. The summed E-state index contributed by atoms with van der Waals surface area (Å²) in [7, 11) is 0. The van der Waals surface area contributed by atoms with Crippen LogP contribution in [0.5, 0.6) is 0 Å². The Bertz CT molecular complexity index is 392. The summed E-state index contributed by atoms with van der Waals surface area (Å²) < 4.78 is 0. The monoisotopic (exact) mass is 233 g/mol. The standard InChI is InChI=1S/C14H18O3/c1-3-13(15)12-7-5-11(6-8-12)10(2)4-9-14(16)17/h5-8,10H,3-4,9H2,1-2H3,(H,16,17)/p-1/t10-/m1/s1. The Hall–Kier alpha value is -1.64. The Morgan fingerprint density at radius 2 is 1.82 bits per heavy atom. The maximum atomic E-state index is 11.4. The number of carboxylic acids is 1. The van der Waals surface area contributed by atoms with Crippen molar-refractivity contribution < 1.29 is 14.7 Å². The van der Waals surface area contributed by atoms with Gasteiger partial charge >= 0.3 is 0 Å². The van der Waals surface area contributed by atoms with Crippen LogP contribution < -0.4 is 5.11 Å². The fourth-order valence-corrected chi connectivity index (χ4v) is 1.70. The fraction of sp³-hybridized carbons (Fsp3) is 0.429. The summed E-state index contributed by atoms with van der Waals surface area (Å²) in [6, 6.07) is 7.39. The predicted molar refractivity (Wildman–Crippen MR) is 63.7 cm³/mol. The molecule has 0 fully saturated rings.